The second-order valence-corrected chi connectivity index (χ2v) is 5.17. The highest BCUT2D eigenvalue weighted by Gasteiger charge is 2.17. The van der Waals surface area contributed by atoms with Crippen molar-refractivity contribution in [2.75, 3.05) is 0 Å². The van der Waals surface area contributed by atoms with Crippen LogP contribution in [0.15, 0.2) is 12.2 Å². The summed E-state index contributed by atoms with van der Waals surface area (Å²) >= 11 is 0. The molecule has 0 rings (SSSR count). The zero-order chi connectivity index (χ0) is 12.4. The van der Waals surface area contributed by atoms with Crippen LogP contribution < -0.4 is 0 Å². The summed E-state index contributed by atoms with van der Waals surface area (Å²) in [4.78, 5) is 21.6. The smallest absolute Gasteiger partial charge is 0.160 e. The molecule has 0 aliphatic carbocycles. The van der Waals surface area contributed by atoms with Gasteiger partial charge in [0.2, 0.25) is 0 Å². The lowest BCUT2D eigenvalue weighted by atomic mass is 9.90. The van der Waals surface area contributed by atoms with Crippen LogP contribution in [0.1, 0.15) is 59.3 Å². The van der Waals surface area contributed by atoms with Crippen molar-refractivity contribution in [2.24, 2.45) is 5.41 Å². The average molecular weight is 224 g/mol. The van der Waals surface area contributed by atoms with E-state index in [1.54, 1.807) is 6.08 Å². The van der Waals surface area contributed by atoms with Gasteiger partial charge in [0.1, 0.15) is 6.29 Å². The molecule has 0 spiro atoms. The SMILES string of the molecule is CC(C)(C)C(=O)/C=C/CCCCCCC=O. The first-order valence-electron chi connectivity index (χ1n) is 6.13. The minimum atomic E-state index is -0.263. The van der Waals surface area contributed by atoms with Crippen LogP contribution >= 0.6 is 0 Å². The molecule has 0 aromatic heterocycles. The van der Waals surface area contributed by atoms with E-state index < -0.39 is 0 Å². The molecule has 0 radical (unpaired) electrons. The molecule has 0 aromatic carbocycles. The zero-order valence-electron chi connectivity index (χ0n) is 10.8. The van der Waals surface area contributed by atoms with Crippen molar-refractivity contribution < 1.29 is 9.59 Å². The molecule has 92 valence electrons. The Kier molecular flexibility index (Phi) is 7.78. The van der Waals surface area contributed by atoms with Crippen LogP contribution in [0, 0.1) is 5.41 Å². The third-order valence-electron chi connectivity index (χ3n) is 2.45. The minimum absolute atomic E-state index is 0.188. The molecule has 0 unspecified atom stereocenters. The van der Waals surface area contributed by atoms with Crippen molar-refractivity contribution in [3.05, 3.63) is 12.2 Å². The van der Waals surface area contributed by atoms with Crippen molar-refractivity contribution in [1.29, 1.82) is 0 Å². The van der Waals surface area contributed by atoms with Crippen molar-refractivity contribution in [3.63, 3.8) is 0 Å². The maximum Gasteiger partial charge on any atom is 0.160 e. The molecule has 0 heterocycles. The van der Waals surface area contributed by atoms with Crippen LogP contribution in [0.4, 0.5) is 0 Å². The highest BCUT2D eigenvalue weighted by molar-refractivity contribution is 5.93. The average Bonchev–Trinajstić information content (AvgIpc) is 2.20. The number of carbonyl (C=O) groups is 2. The molecule has 0 aromatic rings. The molecular weight excluding hydrogens is 200 g/mol. The molecule has 0 saturated carbocycles. The first-order chi connectivity index (χ1) is 7.48. The summed E-state index contributed by atoms with van der Waals surface area (Å²) in [7, 11) is 0. The van der Waals surface area contributed by atoms with Crippen LogP contribution in [0.3, 0.4) is 0 Å². The summed E-state index contributed by atoms with van der Waals surface area (Å²) in [5.74, 6) is 0.188. The summed E-state index contributed by atoms with van der Waals surface area (Å²) in [6.45, 7) is 5.79. The Bertz CT molecular complexity index is 234. The molecule has 0 aliphatic rings. The van der Waals surface area contributed by atoms with Crippen molar-refractivity contribution >= 4 is 12.1 Å². The Balaban J connectivity index is 3.48. The molecule has 2 heteroatoms. The van der Waals surface area contributed by atoms with E-state index in [2.05, 4.69) is 0 Å². The molecule has 16 heavy (non-hydrogen) atoms. The van der Waals surface area contributed by atoms with Gasteiger partial charge in [0.25, 0.3) is 0 Å². The van der Waals surface area contributed by atoms with Crippen LogP contribution in [-0.4, -0.2) is 12.1 Å². The van der Waals surface area contributed by atoms with Crippen LogP contribution in [0.2, 0.25) is 0 Å². The Morgan fingerprint density at radius 1 is 1.00 bits per heavy atom. The largest absolute Gasteiger partial charge is 0.303 e. The van der Waals surface area contributed by atoms with Gasteiger partial charge in [-0.3, -0.25) is 4.79 Å². The normalized spacial score (nSPS) is 11.9. The molecule has 0 fully saturated rings. The molecule has 0 saturated heterocycles. The fourth-order valence-electron chi connectivity index (χ4n) is 1.28. The molecule has 0 bridgehead atoms. The number of rotatable bonds is 8. The fraction of sp³-hybridized carbons (Fsp3) is 0.714. The second-order valence-electron chi connectivity index (χ2n) is 5.17. The first-order valence-corrected chi connectivity index (χ1v) is 6.13. The monoisotopic (exact) mass is 224 g/mol. The summed E-state index contributed by atoms with van der Waals surface area (Å²) in [6.07, 6.45) is 10.6. The van der Waals surface area contributed by atoms with E-state index in [-0.39, 0.29) is 11.2 Å². The van der Waals surface area contributed by atoms with Gasteiger partial charge in [0, 0.05) is 11.8 Å². The number of ketones is 1. The van der Waals surface area contributed by atoms with Crippen molar-refractivity contribution in [3.8, 4) is 0 Å². The summed E-state index contributed by atoms with van der Waals surface area (Å²) in [5, 5.41) is 0. The van der Waals surface area contributed by atoms with Gasteiger partial charge >= 0.3 is 0 Å². The van der Waals surface area contributed by atoms with Gasteiger partial charge in [0.05, 0.1) is 0 Å². The highest BCUT2D eigenvalue weighted by atomic mass is 16.1. The number of hydrogen-bond acceptors (Lipinski definition) is 2. The first kappa shape index (κ1) is 15.1. The number of carbonyl (C=O) groups excluding carboxylic acids is 2. The van der Waals surface area contributed by atoms with E-state index in [4.69, 9.17) is 0 Å². The van der Waals surface area contributed by atoms with Gasteiger partial charge in [-0.25, -0.2) is 0 Å². The molecular formula is C14H24O2. The van der Waals surface area contributed by atoms with E-state index in [1.807, 2.05) is 26.8 Å². The number of allylic oxidation sites excluding steroid dienone is 2. The Morgan fingerprint density at radius 3 is 2.06 bits per heavy atom. The van der Waals surface area contributed by atoms with Crippen molar-refractivity contribution in [2.45, 2.75) is 59.3 Å². The van der Waals surface area contributed by atoms with Crippen LogP contribution in [-0.2, 0) is 9.59 Å². The molecule has 0 aliphatic heterocycles. The van der Waals surface area contributed by atoms with E-state index >= 15 is 0 Å². The third kappa shape index (κ3) is 8.39. The number of aldehydes is 1. The van der Waals surface area contributed by atoms with Gasteiger partial charge in [-0.15, -0.1) is 0 Å². The molecule has 2 nitrogen and oxygen atoms in total. The predicted octanol–water partition coefficient (Wildman–Crippen LogP) is 3.70. The Morgan fingerprint density at radius 2 is 1.56 bits per heavy atom. The lowest BCUT2D eigenvalue weighted by molar-refractivity contribution is -0.121. The predicted molar refractivity (Wildman–Crippen MR) is 67.4 cm³/mol. The number of hydrogen-bond donors (Lipinski definition) is 0. The van der Waals surface area contributed by atoms with Crippen molar-refractivity contribution in [1.82, 2.24) is 0 Å². The van der Waals surface area contributed by atoms with Gasteiger partial charge in [0.15, 0.2) is 5.78 Å². The third-order valence-corrected chi connectivity index (χ3v) is 2.45. The van der Waals surface area contributed by atoms with Gasteiger partial charge in [-0.1, -0.05) is 39.7 Å². The quantitative estimate of drug-likeness (QED) is 0.358. The molecule has 0 N–H and O–H groups in total. The summed E-state index contributed by atoms with van der Waals surface area (Å²) in [5.41, 5.74) is -0.263. The maximum atomic E-state index is 11.5. The lowest BCUT2D eigenvalue weighted by Crippen LogP contribution is -2.17. The molecule has 0 amide bonds. The van der Waals surface area contributed by atoms with Gasteiger partial charge in [-0.05, 0) is 25.3 Å². The minimum Gasteiger partial charge on any atom is -0.303 e. The van der Waals surface area contributed by atoms with E-state index in [0.29, 0.717) is 6.42 Å². The standard InChI is InChI=1S/C14H24O2/c1-14(2,3)13(16)11-9-7-5-4-6-8-10-12-15/h9,11-12H,4-8,10H2,1-3H3/b11-9+. The zero-order valence-corrected chi connectivity index (χ0v) is 10.8. The molecule has 0 atom stereocenters. The fourth-order valence-corrected chi connectivity index (χ4v) is 1.28. The van der Waals surface area contributed by atoms with E-state index in [0.717, 1.165) is 38.4 Å². The highest BCUT2D eigenvalue weighted by Crippen LogP contribution is 2.15. The lowest BCUT2D eigenvalue weighted by Gasteiger charge is -2.12. The van der Waals surface area contributed by atoms with E-state index in [1.165, 1.54) is 0 Å². The van der Waals surface area contributed by atoms with Gasteiger partial charge < -0.3 is 4.79 Å². The van der Waals surface area contributed by atoms with Crippen LogP contribution in [0.25, 0.3) is 0 Å². The maximum absolute atomic E-state index is 11.5. The summed E-state index contributed by atoms with van der Waals surface area (Å²) in [6, 6.07) is 0. The summed E-state index contributed by atoms with van der Waals surface area (Å²) < 4.78 is 0. The van der Waals surface area contributed by atoms with Crippen LogP contribution in [0.5, 0.6) is 0 Å². The second kappa shape index (κ2) is 8.26. The Hall–Kier alpha value is -0.920. The van der Waals surface area contributed by atoms with Gasteiger partial charge in [-0.2, -0.15) is 0 Å². The number of unbranched alkanes of at least 4 members (excludes halogenated alkanes) is 5. The van der Waals surface area contributed by atoms with E-state index in [9.17, 15) is 9.59 Å². The Labute approximate surface area is 99.1 Å². The topological polar surface area (TPSA) is 34.1 Å².